The summed E-state index contributed by atoms with van der Waals surface area (Å²) in [5.41, 5.74) is 2.67. The Kier molecular flexibility index (Phi) is 8.82. The summed E-state index contributed by atoms with van der Waals surface area (Å²) < 4.78 is 9.67. The van der Waals surface area contributed by atoms with Gasteiger partial charge in [-0.3, -0.25) is 9.59 Å². The van der Waals surface area contributed by atoms with E-state index in [9.17, 15) is 14.4 Å². The minimum atomic E-state index is -0.795. The molecule has 0 radical (unpaired) electrons. The number of nitrogens with one attached hydrogen (secondary N) is 2. The van der Waals surface area contributed by atoms with Crippen molar-refractivity contribution in [2.45, 2.75) is 13.5 Å². The van der Waals surface area contributed by atoms with Crippen molar-refractivity contribution < 1.29 is 23.9 Å². The molecule has 0 spiro atoms. The van der Waals surface area contributed by atoms with Crippen molar-refractivity contribution in [1.82, 2.24) is 5.32 Å². The Bertz CT molecular complexity index is 1170. The maximum atomic E-state index is 12.4. The van der Waals surface area contributed by atoms with Gasteiger partial charge in [0.25, 0.3) is 5.91 Å². The van der Waals surface area contributed by atoms with Crippen LogP contribution < -0.4 is 15.4 Å². The number of hydrogen-bond donors (Lipinski definition) is 2. The van der Waals surface area contributed by atoms with Crippen molar-refractivity contribution in [2.75, 3.05) is 11.9 Å². The van der Waals surface area contributed by atoms with Crippen LogP contribution >= 0.6 is 11.6 Å². The molecule has 0 fully saturated rings. The monoisotopic (exact) mass is 478 g/mol. The lowest BCUT2D eigenvalue weighted by Gasteiger charge is -2.08. The molecular weight excluding hydrogens is 456 g/mol. The third-order valence-electron chi connectivity index (χ3n) is 4.57. The zero-order valence-corrected chi connectivity index (χ0v) is 19.2. The zero-order chi connectivity index (χ0) is 24.3. The van der Waals surface area contributed by atoms with Gasteiger partial charge in [0.05, 0.1) is 6.61 Å². The number of carbonyl (C=O) groups is 3. The van der Waals surface area contributed by atoms with Gasteiger partial charge in [-0.15, -0.1) is 0 Å². The lowest BCUT2D eigenvalue weighted by atomic mass is 10.1. The first kappa shape index (κ1) is 24.5. The summed E-state index contributed by atoms with van der Waals surface area (Å²) in [6.45, 7) is 2.20. The summed E-state index contributed by atoms with van der Waals surface area (Å²) in [4.78, 5) is 35.8. The lowest BCUT2D eigenvalue weighted by molar-refractivity contribution is -0.111. The first-order valence-electron chi connectivity index (χ1n) is 10.5. The van der Waals surface area contributed by atoms with Gasteiger partial charge in [-0.05, 0) is 66.6 Å². The minimum absolute atomic E-state index is 0.216. The molecule has 3 aromatic rings. The number of carbonyl (C=O) groups excluding carboxylic acids is 3. The van der Waals surface area contributed by atoms with E-state index in [0.29, 0.717) is 22.8 Å². The van der Waals surface area contributed by atoms with Gasteiger partial charge >= 0.3 is 6.16 Å². The SMILES string of the molecule is CCOC(=O)Oc1ccc(C(=O)NCc2ccc(NC(=O)/C=C/c3ccccc3Cl)cc2)cc1. The van der Waals surface area contributed by atoms with E-state index in [1.807, 2.05) is 30.3 Å². The highest BCUT2D eigenvalue weighted by molar-refractivity contribution is 6.32. The largest absolute Gasteiger partial charge is 0.513 e. The topological polar surface area (TPSA) is 93.7 Å². The van der Waals surface area contributed by atoms with Gasteiger partial charge < -0.3 is 20.1 Å². The van der Waals surface area contributed by atoms with Gasteiger partial charge in [-0.2, -0.15) is 0 Å². The molecule has 8 heteroatoms. The van der Waals surface area contributed by atoms with Gasteiger partial charge in [0.15, 0.2) is 0 Å². The molecule has 0 unspecified atom stereocenters. The molecule has 0 aliphatic rings. The van der Waals surface area contributed by atoms with E-state index >= 15 is 0 Å². The fourth-order valence-corrected chi connectivity index (χ4v) is 3.07. The smallest absolute Gasteiger partial charge is 0.434 e. The number of hydrogen-bond acceptors (Lipinski definition) is 5. The van der Waals surface area contributed by atoms with Gasteiger partial charge in [-0.1, -0.05) is 41.9 Å². The third-order valence-corrected chi connectivity index (χ3v) is 4.92. The molecular formula is C26H23ClN2O5. The molecule has 2 N–H and O–H groups in total. The van der Waals surface area contributed by atoms with Crippen molar-refractivity contribution in [2.24, 2.45) is 0 Å². The molecule has 3 aromatic carbocycles. The second kappa shape index (κ2) is 12.2. The second-order valence-electron chi connectivity index (χ2n) is 7.03. The van der Waals surface area contributed by atoms with E-state index in [4.69, 9.17) is 21.1 Å². The van der Waals surface area contributed by atoms with Crippen LogP contribution in [0.5, 0.6) is 5.75 Å². The Morgan fingerprint density at radius 3 is 2.32 bits per heavy atom. The number of anilines is 1. The first-order chi connectivity index (χ1) is 16.4. The van der Waals surface area contributed by atoms with E-state index in [0.717, 1.165) is 11.1 Å². The first-order valence-corrected chi connectivity index (χ1v) is 10.9. The van der Waals surface area contributed by atoms with Crippen molar-refractivity contribution in [1.29, 1.82) is 0 Å². The number of halogens is 1. The van der Waals surface area contributed by atoms with Crippen LogP contribution in [-0.2, 0) is 16.1 Å². The molecule has 7 nitrogen and oxygen atoms in total. The predicted octanol–water partition coefficient (Wildman–Crippen LogP) is 5.46. The van der Waals surface area contributed by atoms with Crippen LogP contribution in [0.25, 0.3) is 6.08 Å². The van der Waals surface area contributed by atoms with E-state index in [2.05, 4.69) is 10.6 Å². The Balaban J connectivity index is 1.48. The number of rotatable bonds is 8. The van der Waals surface area contributed by atoms with Crippen LogP contribution in [0.4, 0.5) is 10.5 Å². The van der Waals surface area contributed by atoms with E-state index < -0.39 is 6.16 Å². The summed E-state index contributed by atoms with van der Waals surface area (Å²) >= 11 is 6.08. The Labute approximate surface area is 202 Å². The highest BCUT2D eigenvalue weighted by atomic mass is 35.5. The Morgan fingerprint density at radius 1 is 0.941 bits per heavy atom. The van der Waals surface area contributed by atoms with Crippen molar-refractivity contribution >= 4 is 41.3 Å². The van der Waals surface area contributed by atoms with Gasteiger partial charge in [0, 0.05) is 28.9 Å². The summed E-state index contributed by atoms with van der Waals surface area (Å²) in [5.74, 6) is -0.268. The molecule has 34 heavy (non-hydrogen) atoms. The molecule has 0 aliphatic heterocycles. The Hall–Kier alpha value is -4.10. The van der Waals surface area contributed by atoms with Gasteiger partial charge in [0.1, 0.15) is 5.75 Å². The maximum Gasteiger partial charge on any atom is 0.513 e. The van der Waals surface area contributed by atoms with Crippen LogP contribution in [-0.4, -0.2) is 24.6 Å². The number of ether oxygens (including phenoxy) is 2. The van der Waals surface area contributed by atoms with Crippen LogP contribution in [0.15, 0.2) is 78.9 Å². The van der Waals surface area contributed by atoms with E-state index in [1.165, 1.54) is 18.2 Å². The normalized spacial score (nSPS) is 10.5. The van der Waals surface area contributed by atoms with Crippen LogP contribution in [0.3, 0.4) is 0 Å². The van der Waals surface area contributed by atoms with Crippen LogP contribution in [0.2, 0.25) is 5.02 Å². The molecule has 0 saturated heterocycles. The van der Waals surface area contributed by atoms with Gasteiger partial charge in [-0.25, -0.2) is 4.79 Å². The molecule has 0 atom stereocenters. The summed E-state index contributed by atoms with van der Waals surface area (Å²) in [7, 11) is 0. The van der Waals surface area contributed by atoms with Crippen LogP contribution in [0.1, 0.15) is 28.4 Å². The highest BCUT2D eigenvalue weighted by Gasteiger charge is 2.08. The van der Waals surface area contributed by atoms with Gasteiger partial charge in [0.2, 0.25) is 5.91 Å². The molecule has 3 rings (SSSR count). The van der Waals surface area contributed by atoms with Crippen LogP contribution in [0, 0.1) is 0 Å². The maximum absolute atomic E-state index is 12.4. The zero-order valence-electron chi connectivity index (χ0n) is 18.4. The van der Waals surface area contributed by atoms with E-state index in [1.54, 1.807) is 43.3 Å². The average molecular weight is 479 g/mol. The standard InChI is InChI=1S/C26H23ClN2O5/c1-2-33-26(32)34-22-14-9-20(10-15-22)25(31)28-17-18-7-12-21(13-8-18)29-24(30)16-11-19-5-3-4-6-23(19)27/h3-16H,2,17H2,1H3,(H,28,31)(H,29,30)/b16-11+. The third kappa shape index (κ3) is 7.50. The number of amides is 2. The second-order valence-corrected chi connectivity index (χ2v) is 7.44. The van der Waals surface area contributed by atoms with Crippen molar-refractivity contribution in [3.05, 3.63) is 101 Å². The lowest BCUT2D eigenvalue weighted by Crippen LogP contribution is -2.22. The predicted molar refractivity (Wildman–Crippen MR) is 131 cm³/mol. The fourth-order valence-electron chi connectivity index (χ4n) is 2.87. The fraction of sp³-hybridized carbons (Fsp3) is 0.115. The highest BCUT2D eigenvalue weighted by Crippen LogP contribution is 2.17. The van der Waals surface area contributed by atoms with Crippen molar-refractivity contribution in [3.63, 3.8) is 0 Å². The molecule has 174 valence electrons. The molecule has 2 amide bonds. The molecule has 0 aromatic heterocycles. The molecule has 0 heterocycles. The quantitative estimate of drug-likeness (QED) is 0.255. The number of benzene rings is 3. The van der Waals surface area contributed by atoms with E-state index in [-0.39, 0.29) is 24.2 Å². The molecule has 0 bridgehead atoms. The summed E-state index contributed by atoms with van der Waals surface area (Å²) in [6.07, 6.45) is 2.27. The molecule has 0 aliphatic carbocycles. The van der Waals surface area contributed by atoms with Crippen molar-refractivity contribution in [3.8, 4) is 5.75 Å². The Morgan fingerprint density at radius 2 is 1.65 bits per heavy atom. The summed E-state index contributed by atoms with van der Waals surface area (Å²) in [6, 6.07) is 20.5. The minimum Gasteiger partial charge on any atom is -0.434 e. The summed E-state index contributed by atoms with van der Waals surface area (Å²) in [5, 5.41) is 6.16. The average Bonchev–Trinajstić information content (AvgIpc) is 2.83. The molecule has 0 saturated carbocycles.